The fourth-order valence-corrected chi connectivity index (χ4v) is 6.43. The van der Waals surface area contributed by atoms with Crippen molar-refractivity contribution in [3.8, 4) is 5.75 Å². The Hall–Kier alpha value is -2.21. The topological polar surface area (TPSA) is 97.2 Å². The van der Waals surface area contributed by atoms with Crippen molar-refractivity contribution in [1.82, 2.24) is 5.32 Å². The SMILES string of the molecule is CCC1SC(=NN=Cc2c(OS(=O)(=O)c3cc(Br)ccc3Br)ccc3ccccc23)NC1=O. The molecule has 1 fully saturated rings. The first-order valence-electron chi connectivity index (χ1n) is 9.78. The minimum atomic E-state index is -4.15. The summed E-state index contributed by atoms with van der Waals surface area (Å²) in [5, 5.41) is 12.7. The van der Waals surface area contributed by atoms with Crippen LogP contribution in [-0.2, 0) is 14.9 Å². The molecule has 1 unspecified atom stereocenters. The summed E-state index contributed by atoms with van der Waals surface area (Å²) in [6.07, 6.45) is 2.12. The molecule has 0 aliphatic carbocycles. The third-order valence-corrected chi connectivity index (χ3v) is 8.74. The summed E-state index contributed by atoms with van der Waals surface area (Å²) in [5.41, 5.74) is 0.452. The van der Waals surface area contributed by atoms with Crippen LogP contribution in [0.5, 0.6) is 5.75 Å². The first-order chi connectivity index (χ1) is 15.8. The van der Waals surface area contributed by atoms with Crippen LogP contribution in [0.1, 0.15) is 18.9 Å². The van der Waals surface area contributed by atoms with Crippen molar-refractivity contribution in [2.45, 2.75) is 23.5 Å². The van der Waals surface area contributed by atoms with Gasteiger partial charge in [0.2, 0.25) is 5.91 Å². The third kappa shape index (κ3) is 5.32. The number of rotatable bonds is 6. The van der Waals surface area contributed by atoms with Gasteiger partial charge in [-0.15, -0.1) is 5.10 Å². The van der Waals surface area contributed by atoms with Crippen molar-refractivity contribution >= 4 is 81.8 Å². The predicted molar refractivity (Wildman–Crippen MR) is 138 cm³/mol. The molecule has 170 valence electrons. The van der Waals surface area contributed by atoms with Gasteiger partial charge in [0.1, 0.15) is 4.90 Å². The van der Waals surface area contributed by atoms with Gasteiger partial charge < -0.3 is 9.50 Å². The smallest absolute Gasteiger partial charge is 0.340 e. The van der Waals surface area contributed by atoms with Gasteiger partial charge in [-0.2, -0.15) is 13.5 Å². The number of amidine groups is 1. The van der Waals surface area contributed by atoms with Crippen molar-refractivity contribution in [2.24, 2.45) is 10.2 Å². The van der Waals surface area contributed by atoms with E-state index < -0.39 is 10.1 Å². The van der Waals surface area contributed by atoms with Gasteiger partial charge in [0.25, 0.3) is 0 Å². The number of carbonyl (C=O) groups excluding carboxylic acids is 1. The van der Waals surface area contributed by atoms with Gasteiger partial charge in [0.05, 0.1) is 11.5 Å². The third-order valence-electron chi connectivity index (χ3n) is 4.78. The van der Waals surface area contributed by atoms with Crippen LogP contribution in [0, 0.1) is 0 Å². The summed E-state index contributed by atoms with van der Waals surface area (Å²) in [6.45, 7) is 1.92. The minimum Gasteiger partial charge on any atom is -0.378 e. The lowest BCUT2D eigenvalue weighted by molar-refractivity contribution is -0.118. The highest BCUT2D eigenvalue weighted by atomic mass is 79.9. The zero-order chi connectivity index (χ0) is 23.6. The Morgan fingerprint density at radius 3 is 2.70 bits per heavy atom. The normalized spacial score (nSPS) is 17.7. The number of fused-ring (bicyclic) bond motifs is 1. The molecule has 1 atom stereocenters. The number of thioether (sulfide) groups is 1. The highest BCUT2D eigenvalue weighted by molar-refractivity contribution is 9.11. The van der Waals surface area contributed by atoms with Gasteiger partial charge in [0, 0.05) is 14.5 Å². The molecule has 0 aromatic heterocycles. The summed E-state index contributed by atoms with van der Waals surface area (Å²) in [7, 11) is -4.15. The summed E-state index contributed by atoms with van der Waals surface area (Å²) in [6, 6.07) is 15.6. The van der Waals surface area contributed by atoms with Crippen molar-refractivity contribution < 1.29 is 17.4 Å². The molecule has 0 spiro atoms. The number of benzene rings is 3. The number of hydrogen-bond donors (Lipinski definition) is 1. The van der Waals surface area contributed by atoms with Crippen molar-refractivity contribution in [2.75, 3.05) is 0 Å². The van der Waals surface area contributed by atoms with Crippen molar-refractivity contribution in [1.29, 1.82) is 0 Å². The molecule has 7 nitrogen and oxygen atoms in total. The highest BCUT2D eigenvalue weighted by Gasteiger charge is 2.28. The molecule has 0 bridgehead atoms. The summed E-state index contributed by atoms with van der Waals surface area (Å²) in [4.78, 5) is 11.9. The lowest BCUT2D eigenvalue weighted by Crippen LogP contribution is -2.24. The number of halogens is 2. The highest BCUT2D eigenvalue weighted by Crippen LogP contribution is 2.32. The molecular formula is C22H17Br2N3O4S2. The van der Waals surface area contributed by atoms with Crippen LogP contribution in [0.3, 0.4) is 0 Å². The molecule has 1 heterocycles. The van der Waals surface area contributed by atoms with E-state index in [1.165, 1.54) is 24.0 Å². The van der Waals surface area contributed by atoms with E-state index in [-0.39, 0.29) is 21.8 Å². The maximum absolute atomic E-state index is 13.1. The molecule has 1 amide bonds. The Kier molecular flexibility index (Phi) is 7.22. The summed E-state index contributed by atoms with van der Waals surface area (Å²) >= 11 is 7.88. The predicted octanol–water partition coefficient (Wildman–Crippen LogP) is 5.46. The second kappa shape index (κ2) is 9.96. The number of hydrogen-bond acceptors (Lipinski definition) is 7. The van der Waals surface area contributed by atoms with E-state index in [0.717, 1.165) is 10.8 Å². The number of amides is 1. The standard InChI is InChI=1S/C22H17Br2N3O4S2/c1-2-19-21(28)26-22(32-19)27-25-12-16-15-6-4-3-5-13(15)7-10-18(16)31-33(29,30)20-11-14(23)8-9-17(20)24/h3-12,19H,2H2,1H3,(H,26,27,28). The van der Waals surface area contributed by atoms with Crippen LogP contribution in [0.4, 0.5) is 0 Å². The minimum absolute atomic E-state index is 0.0103. The molecule has 1 saturated heterocycles. The molecule has 4 rings (SSSR count). The lowest BCUT2D eigenvalue weighted by Gasteiger charge is -2.12. The van der Waals surface area contributed by atoms with E-state index in [4.69, 9.17) is 4.18 Å². The Morgan fingerprint density at radius 1 is 1.15 bits per heavy atom. The van der Waals surface area contributed by atoms with E-state index in [2.05, 4.69) is 47.4 Å². The van der Waals surface area contributed by atoms with Gasteiger partial charge in [-0.1, -0.05) is 64.9 Å². The van der Waals surface area contributed by atoms with Gasteiger partial charge >= 0.3 is 10.1 Å². The zero-order valence-electron chi connectivity index (χ0n) is 17.2. The van der Waals surface area contributed by atoms with Crippen LogP contribution >= 0.6 is 43.6 Å². The van der Waals surface area contributed by atoms with Crippen LogP contribution in [0.25, 0.3) is 10.8 Å². The van der Waals surface area contributed by atoms with Gasteiger partial charge in [-0.3, -0.25) is 4.79 Å². The van der Waals surface area contributed by atoms with Crippen LogP contribution in [0.15, 0.2) is 78.6 Å². The first kappa shape index (κ1) is 23.9. The zero-order valence-corrected chi connectivity index (χ0v) is 22.0. The monoisotopic (exact) mass is 609 g/mol. The maximum Gasteiger partial charge on any atom is 0.340 e. The van der Waals surface area contributed by atoms with E-state index in [9.17, 15) is 13.2 Å². The van der Waals surface area contributed by atoms with Crippen molar-refractivity contribution in [3.05, 3.63) is 69.1 Å². The molecule has 11 heteroatoms. The molecule has 0 radical (unpaired) electrons. The van der Waals surface area contributed by atoms with Crippen molar-refractivity contribution in [3.63, 3.8) is 0 Å². The maximum atomic E-state index is 13.1. The van der Waals surface area contributed by atoms with Crippen LogP contribution < -0.4 is 9.50 Å². The van der Waals surface area contributed by atoms with Crippen LogP contribution in [0.2, 0.25) is 0 Å². The average Bonchev–Trinajstić information content (AvgIpc) is 3.15. The molecule has 1 aliphatic heterocycles. The van der Waals surface area contributed by atoms with Crippen LogP contribution in [-0.4, -0.2) is 31.0 Å². The second-order valence-electron chi connectivity index (χ2n) is 6.96. The Labute approximate surface area is 212 Å². The van der Waals surface area contributed by atoms with E-state index >= 15 is 0 Å². The van der Waals surface area contributed by atoms with E-state index in [1.54, 1.807) is 24.3 Å². The quantitative estimate of drug-likeness (QED) is 0.227. The molecule has 0 saturated carbocycles. The van der Waals surface area contributed by atoms with Gasteiger partial charge in [0.15, 0.2) is 10.9 Å². The lowest BCUT2D eigenvalue weighted by atomic mass is 10.0. The molecule has 33 heavy (non-hydrogen) atoms. The fourth-order valence-electron chi connectivity index (χ4n) is 3.17. The average molecular weight is 611 g/mol. The van der Waals surface area contributed by atoms with E-state index in [1.807, 2.05) is 31.2 Å². The largest absolute Gasteiger partial charge is 0.378 e. The molecule has 3 aromatic carbocycles. The molecular weight excluding hydrogens is 594 g/mol. The Balaban J connectivity index is 1.73. The first-order valence-corrected chi connectivity index (χ1v) is 13.7. The number of carbonyl (C=O) groups is 1. The fraction of sp³-hybridized carbons (Fsp3) is 0.136. The van der Waals surface area contributed by atoms with Gasteiger partial charge in [-0.25, -0.2) is 0 Å². The summed E-state index contributed by atoms with van der Waals surface area (Å²) in [5.74, 6) is 0.00963. The van der Waals surface area contributed by atoms with Gasteiger partial charge in [-0.05, 0) is 57.4 Å². The summed E-state index contributed by atoms with van der Waals surface area (Å²) < 4.78 is 32.6. The number of nitrogens with zero attached hydrogens (tertiary/aromatic N) is 2. The Morgan fingerprint density at radius 2 is 1.94 bits per heavy atom. The molecule has 3 aromatic rings. The molecule has 1 N–H and O–H groups in total. The second-order valence-corrected chi connectivity index (χ2v) is 11.4. The molecule has 1 aliphatic rings. The Bertz CT molecular complexity index is 1410. The number of nitrogens with one attached hydrogen (secondary N) is 1. The van der Waals surface area contributed by atoms with E-state index in [0.29, 0.717) is 26.1 Å².